The van der Waals surface area contributed by atoms with Crippen molar-refractivity contribution in [2.75, 3.05) is 0 Å². The molecule has 0 aliphatic carbocycles. The first kappa shape index (κ1) is 19.0. The average molecular weight is 368 g/mol. The third-order valence-electron chi connectivity index (χ3n) is 3.55. The minimum absolute atomic E-state index is 0.0435. The Balaban J connectivity index is 2.00. The third kappa shape index (κ3) is 4.83. The van der Waals surface area contributed by atoms with E-state index in [1.54, 1.807) is 19.1 Å². The largest absolute Gasteiger partial charge is 0.351 e. The Hall–Kier alpha value is -2.32. The summed E-state index contributed by atoms with van der Waals surface area (Å²) in [7, 11) is -4.18. The number of carbonyl (C=O) groups is 1. The predicted octanol–water partition coefficient (Wildman–Crippen LogP) is 2.26. The van der Waals surface area contributed by atoms with Crippen molar-refractivity contribution in [3.8, 4) is 0 Å². The minimum Gasteiger partial charge on any atom is -0.351 e. The zero-order valence-electron chi connectivity index (χ0n) is 13.7. The molecule has 5 nitrogen and oxygen atoms in total. The summed E-state index contributed by atoms with van der Waals surface area (Å²) in [5.41, 5.74) is 1.03. The van der Waals surface area contributed by atoms with E-state index in [0.29, 0.717) is 11.1 Å². The first-order valence-electron chi connectivity index (χ1n) is 7.50. The normalized spacial score (nSPS) is 12.6. The van der Waals surface area contributed by atoms with Crippen molar-refractivity contribution in [2.24, 2.45) is 0 Å². The molecule has 25 heavy (non-hydrogen) atoms. The summed E-state index contributed by atoms with van der Waals surface area (Å²) in [5, 5.41) is 2.51. The number of aryl methyl sites for hydroxylation is 1. The Morgan fingerprint density at radius 1 is 1.12 bits per heavy atom. The first-order chi connectivity index (χ1) is 11.7. The summed E-state index contributed by atoms with van der Waals surface area (Å²) in [5.74, 6) is -1.90. The Morgan fingerprint density at radius 2 is 1.80 bits per heavy atom. The lowest BCUT2D eigenvalue weighted by molar-refractivity contribution is -0.122. The molecule has 1 amide bonds. The van der Waals surface area contributed by atoms with Gasteiger partial charge in [0.1, 0.15) is 16.5 Å². The maximum absolute atomic E-state index is 13.6. The van der Waals surface area contributed by atoms with Gasteiger partial charge in [0, 0.05) is 6.54 Å². The molecule has 1 atom stereocenters. The van der Waals surface area contributed by atoms with Crippen LogP contribution in [0, 0.1) is 18.6 Å². The molecule has 2 rings (SSSR count). The van der Waals surface area contributed by atoms with Crippen LogP contribution in [0.5, 0.6) is 0 Å². The number of rotatable bonds is 6. The van der Waals surface area contributed by atoms with Crippen LogP contribution in [0.1, 0.15) is 18.1 Å². The molecule has 0 saturated carbocycles. The lowest BCUT2D eigenvalue weighted by atomic mass is 10.1. The summed E-state index contributed by atoms with van der Waals surface area (Å²) >= 11 is 0. The van der Waals surface area contributed by atoms with Gasteiger partial charge in [0.05, 0.1) is 6.04 Å². The molecule has 8 heteroatoms. The molecule has 0 saturated heterocycles. The second-order valence-electron chi connectivity index (χ2n) is 5.57. The van der Waals surface area contributed by atoms with Crippen LogP contribution in [0.15, 0.2) is 47.4 Å². The highest BCUT2D eigenvalue weighted by molar-refractivity contribution is 7.89. The molecule has 0 aliphatic heterocycles. The molecule has 2 aromatic rings. The highest BCUT2D eigenvalue weighted by atomic mass is 32.2. The lowest BCUT2D eigenvalue weighted by Crippen LogP contribution is -2.44. The molecule has 2 N–H and O–H groups in total. The lowest BCUT2D eigenvalue weighted by Gasteiger charge is -2.15. The number of halogens is 2. The summed E-state index contributed by atoms with van der Waals surface area (Å²) in [6.45, 7) is 3.00. The van der Waals surface area contributed by atoms with Gasteiger partial charge in [-0.15, -0.1) is 0 Å². The van der Waals surface area contributed by atoms with E-state index in [2.05, 4.69) is 10.0 Å². The molecule has 0 heterocycles. The molecule has 0 radical (unpaired) electrons. The summed E-state index contributed by atoms with van der Waals surface area (Å²) in [4.78, 5) is 11.5. The molecular weight excluding hydrogens is 350 g/mol. The zero-order valence-corrected chi connectivity index (χ0v) is 14.5. The van der Waals surface area contributed by atoms with Gasteiger partial charge in [-0.1, -0.05) is 24.3 Å². The fourth-order valence-corrected chi connectivity index (χ4v) is 3.38. The van der Waals surface area contributed by atoms with E-state index in [-0.39, 0.29) is 12.4 Å². The van der Waals surface area contributed by atoms with Crippen LogP contribution in [0.4, 0.5) is 8.78 Å². The number of hydrogen-bond acceptors (Lipinski definition) is 3. The van der Waals surface area contributed by atoms with Crippen molar-refractivity contribution in [1.29, 1.82) is 0 Å². The Labute approximate surface area is 145 Å². The Morgan fingerprint density at radius 3 is 2.44 bits per heavy atom. The van der Waals surface area contributed by atoms with Crippen molar-refractivity contribution in [3.05, 3.63) is 65.2 Å². The molecule has 0 bridgehead atoms. The highest BCUT2D eigenvalue weighted by Crippen LogP contribution is 2.14. The molecule has 0 fully saturated rings. The zero-order chi connectivity index (χ0) is 18.6. The summed E-state index contributed by atoms with van der Waals surface area (Å²) in [6.07, 6.45) is 0. The van der Waals surface area contributed by atoms with E-state index in [0.717, 1.165) is 12.1 Å². The van der Waals surface area contributed by atoms with Crippen molar-refractivity contribution < 1.29 is 22.0 Å². The molecule has 0 aliphatic rings. The van der Waals surface area contributed by atoms with E-state index in [9.17, 15) is 22.0 Å². The second-order valence-corrected chi connectivity index (χ2v) is 7.26. The van der Waals surface area contributed by atoms with Crippen molar-refractivity contribution in [1.82, 2.24) is 10.0 Å². The summed E-state index contributed by atoms with van der Waals surface area (Å²) in [6, 6.07) is 8.29. The summed E-state index contributed by atoms with van der Waals surface area (Å²) < 4.78 is 53.5. The number of sulfonamides is 1. The van der Waals surface area contributed by atoms with E-state index < -0.39 is 32.7 Å². The molecule has 134 valence electrons. The molecule has 2 aromatic carbocycles. The first-order valence-corrected chi connectivity index (χ1v) is 8.98. The van der Waals surface area contributed by atoms with E-state index in [1.807, 2.05) is 0 Å². The number of nitrogens with one attached hydrogen (secondary N) is 2. The number of benzene rings is 2. The number of carbonyl (C=O) groups excluding carboxylic acids is 1. The number of hydrogen-bond donors (Lipinski definition) is 2. The van der Waals surface area contributed by atoms with Crippen LogP contribution < -0.4 is 10.0 Å². The van der Waals surface area contributed by atoms with E-state index in [4.69, 9.17) is 0 Å². The van der Waals surface area contributed by atoms with Gasteiger partial charge in [0.2, 0.25) is 15.9 Å². The van der Waals surface area contributed by atoms with Crippen molar-refractivity contribution >= 4 is 15.9 Å². The van der Waals surface area contributed by atoms with Gasteiger partial charge in [0.15, 0.2) is 0 Å². The molecule has 0 aromatic heterocycles. The van der Waals surface area contributed by atoms with Crippen LogP contribution in [-0.2, 0) is 21.4 Å². The van der Waals surface area contributed by atoms with Gasteiger partial charge < -0.3 is 5.32 Å². The maximum atomic E-state index is 13.6. The standard InChI is InChI=1S/C17H18F2N2O3S/c1-11-7-8-13(9-15(11)19)10-20-17(22)12(2)21-25(23,24)16-6-4-3-5-14(16)18/h3-9,12,21H,10H2,1-2H3,(H,20,22)/t12-/m0/s1. The monoisotopic (exact) mass is 368 g/mol. The predicted molar refractivity (Wildman–Crippen MR) is 89.2 cm³/mol. The van der Waals surface area contributed by atoms with Gasteiger partial charge in [-0.25, -0.2) is 17.2 Å². The van der Waals surface area contributed by atoms with E-state index >= 15 is 0 Å². The van der Waals surface area contributed by atoms with Gasteiger partial charge in [-0.3, -0.25) is 4.79 Å². The Bertz CT molecular complexity index is 885. The number of amides is 1. The van der Waals surface area contributed by atoms with Crippen LogP contribution in [0.3, 0.4) is 0 Å². The topological polar surface area (TPSA) is 75.3 Å². The van der Waals surface area contributed by atoms with Crippen LogP contribution >= 0.6 is 0 Å². The third-order valence-corrected chi connectivity index (χ3v) is 5.13. The van der Waals surface area contributed by atoms with Crippen molar-refractivity contribution in [3.63, 3.8) is 0 Å². The van der Waals surface area contributed by atoms with Gasteiger partial charge in [-0.05, 0) is 43.2 Å². The Kier molecular flexibility index (Phi) is 5.86. The second kappa shape index (κ2) is 7.71. The van der Waals surface area contributed by atoms with Gasteiger partial charge in [-0.2, -0.15) is 4.72 Å². The molecule has 0 spiro atoms. The molecule has 0 unspecified atom stereocenters. The fourth-order valence-electron chi connectivity index (χ4n) is 2.10. The van der Waals surface area contributed by atoms with E-state index in [1.165, 1.54) is 25.1 Å². The van der Waals surface area contributed by atoms with Crippen LogP contribution in [0.2, 0.25) is 0 Å². The fraction of sp³-hybridized carbons (Fsp3) is 0.235. The maximum Gasteiger partial charge on any atom is 0.244 e. The average Bonchev–Trinajstić information content (AvgIpc) is 2.55. The SMILES string of the molecule is Cc1ccc(CNC(=O)[C@H](C)NS(=O)(=O)c2ccccc2F)cc1F. The van der Waals surface area contributed by atoms with Crippen LogP contribution in [0.25, 0.3) is 0 Å². The van der Waals surface area contributed by atoms with Crippen molar-refractivity contribution in [2.45, 2.75) is 31.3 Å². The molecular formula is C17H18F2N2O3S. The van der Waals surface area contributed by atoms with Gasteiger partial charge >= 0.3 is 0 Å². The highest BCUT2D eigenvalue weighted by Gasteiger charge is 2.24. The van der Waals surface area contributed by atoms with Crippen LogP contribution in [-0.4, -0.2) is 20.4 Å². The smallest absolute Gasteiger partial charge is 0.244 e. The van der Waals surface area contributed by atoms with Gasteiger partial charge in [0.25, 0.3) is 0 Å². The quantitative estimate of drug-likeness (QED) is 0.821. The minimum atomic E-state index is -4.18.